The van der Waals surface area contributed by atoms with Crippen LogP contribution < -0.4 is 0 Å². The molecule has 8 heteroatoms. The van der Waals surface area contributed by atoms with Crippen LogP contribution in [0.4, 0.5) is 13.2 Å². The number of piperidine rings is 1. The van der Waals surface area contributed by atoms with Gasteiger partial charge in [-0.3, -0.25) is 0 Å². The summed E-state index contributed by atoms with van der Waals surface area (Å²) in [5, 5.41) is 6.57. The molecule has 2 heterocycles. The van der Waals surface area contributed by atoms with E-state index in [1.165, 1.54) is 0 Å². The summed E-state index contributed by atoms with van der Waals surface area (Å²) in [6.07, 6.45) is -1.81. The van der Waals surface area contributed by atoms with Gasteiger partial charge in [0.25, 0.3) is 0 Å². The van der Waals surface area contributed by atoms with Gasteiger partial charge in [-0.15, -0.1) is 10.2 Å². The molecular weight excluding hydrogens is 287 g/mol. The molecule has 1 aliphatic heterocycles. The van der Waals surface area contributed by atoms with Gasteiger partial charge < -0.3 is 14.1 Å². The van der Waals surface area contributed by atoms with Crippen LogP contribution >= 0.6 is 0 Å². The highest BCUT2D eigenvalue weighted by Crippen LogP contribution is 2.32. The molecule has 1 aromatic rings. The molecule has 0 radical (unpaired) electrons. The van der Waals surface area contributed by atoms with Gasteiger partial charge in [-0.05, 0) is 45.8 Å². The third-order valence-corrected chi connectivity index (χ3v) is 3.62. The van der Waals surface area contributed by atoms with E-state index >= 15 is 0 Å². The van der Waals surface area contributed by atoms with Crippen molar-refractivity contribution in [3.05, 3.63) is 11.8 Å². The largest absolute Gasteiger partial charge is 0.470 e. The zero-order chi connectivity index (χ0) is 15.5. The van der Waals surface area contributed by atoms with Crippen LogP contribution in [0, 0.1) is 0 Å². The highest BCUT2D eigenvalue weighted by atomic mass is 19.4. The van der Waals surface area contributed by atoms with Crippen molar-refractivity contribution >= 4 is 5.78 Å². The van der Waals surface area contributed by atoms with Crippen LogP contribution in [0.15, 0.2) is 4.42 Å². The summed E-state index contributed by atoms with van der Waals surface area (Å²) < 4.78 is 41.9. The minimum atomic E-state index is -4.58. The Bertz CT molecular complexity index is 479. The van der Waals surface area contributed by atoms with E-state index in [4.69, 9.17) is 4.42 Å². The second-order valence-electron chi connectivity index (χ2n) is 5.36. The first-order valence-corrected chi connectivity index (χ1v) is 6.98. The lowest BCUT2D eigenvalue weighted by molar-refractivity contribution is -0.157. The normalized spacial score (nSPS) is 18.1. The molecule has 0 aliphatic carbocycles. The van der Waals surface area contributed by atoms with Crippen molar-refractivity contribution in [1.82, 2.24) is 15.1 Å². The first-order chi connectivity index (χ1) is 9.86. The molecule has 0 amide bonds. The second kappa shape index (κ2) is 6.55. The Balaban J connectivity index is 1.81. The molecule has 21 heavy (non-hydrogen) atoms. The van der Waals surface area contributed by atoms with Crippen molar-refractivity contribution in [2.75, 3.05) is 19.6 Å². The Morgan fingerprint density at radius 2 is 2.00 bits per heavy atom. The molecule has 0 saturated carbocycles. The van der Waals surface area contributed by atoms with Gasteiger partial charge in [0, 0.05) is 12.3 Å². The van der Waals surface area contributed by atoms with Crippen LogP contribution in [0.25, 0.3) is 0 Å². The minimum absolute atomic E-state index is 0.0747. The molecule has 0 bridgehead atoms. The van der Waals surface area contributed by atoms with Crippen LogP contribution in [-0.4, -0.2) is 40.5 Å². The van der Waals surface area contributed by atoms with Gasteiger partial charge in [-0.1, -0.05) is 0 Å². The summed E-state index contributed by atoms with van der Waals surface area (Å²) in [6.45, 7) is 3.95. The standard InChI is InChI=1S/C13H18F3N3O2/c1-9(20)3-2-6-19-7-4-10(5-8-19)11-17-18-12(21-11)13(14,15)16/h10H,2-8H2,1H3. The lowest BCUT2D eigenvalue weighted by Gasteiger charge is -2.30. The summed E-state index contributed by atoms with van der Waals surface area (Å²) in [7, 11) is 0. The molecular formula is C13H18F3N3O2. The van der Waals surface area contributed by atoms with Gasteiger partial charge in [-0.2, -0.15) is 13.2 Å². The molecule has 1 aliphatic rings. The molecule has 0 unspecified atom stereocenters. The summed E-state index contributed by atoms with van der Waals surface area (Å²) >= 11 is 0. The maximum atomic E-state index is 12.4. The maximum Gasteiger partial charge on any atom is 0.470 e. The van der Waals surface area contributed by atoms with Gasteiger partial charge in [0.1, 0.15) is 5.78 Å². The number of aromatic nitrogens is 2. The number of hydrogen-bond donors (Lipinski definition) is 0. The Morgan fingerprint density at radius 3 is 2.52 bits per heavy atom. The first-order valence-electron chi connectivity index (χ1n) is 6.98. The topological polar surface area (TPSA) is 59.2 Å². The van der Waals surface area contributed by atoms with Gasteiger partial charge in [0.15, 0.2) is 0 Å². The number of ketones is 1. The quantitative estimate of drug-likeness (QED) is 0.837. The fraction of sp³-hybridized carbons (Fsp3) is 0.769. The number of carbonyl (C=O) groups is 1. The minimum Gasteiger partial charge on any atom is -0.417 e. The monoisotopic (exact) mass is 305 g/mol. The number of likely N-dealkylation sites (tertiary alicyclic amines) is 1. The van der Waals surface area contributed by atoms with Crippen molar-refractivity contribution in [3.63, 3.8) is 0 Å². The molecule has 118 valence electrons. The van der Waals surface area contributed by atoms with Gasteiger partial charge in [0.05, 0.1) is 0 Å². The van der Waals surface area contributed by atoms with Crippen molar-refractivity contribution in [1.29, 1.82) is 0 Å². The van der Waals surface area contributed by atoms with Gasteiger partial charge >= 0.3 is 12.1 Å². The second-order valence-corrected chi connectivity index (χ2v) is 5.36. The summed E-state index contributed by atoms with van der Waals surface area (Å²) in [6, 6.07) is 0. The third kappa shape index (κ3) is 4.52. The molecule has 0 N–H and O–H groups in total. The summed E-state index contributed by atoms with van der Waals surface area (Å²) in [5.74, 6) is -1.14. The first kappa shape index (κ1) is 15.9. The van der Waals surface area contributed by atoms with Gasteiger partial charge in [-0.25, -0.2) is 0 Å². The van der Waals surface area contributed by atoms with Crippen LogP contribution in [0.3, 0.4) is 0 Å². The summed E-state index contributed by atoms with van der Waals surface area (Å²) in [4.78, 5) is 13.1. The third-order valence-electron chi connectivity index (χ3n) is 3.62. The van der Waals surface area contributed by atoms with Crippen LogP contribution in [0.5, 0.6) is 0 Å². The molecule has 0 atom stereocenters. The number of halogens is 3. The van der Waals surface area contributed by atoms with E-state index in [2.05, 4.69) is 15.1 Å². The molecule has 0 aromatic carbocycles. The molecule has 1 aromatic heterocycles. The maximum absolute atomic E-state index is 12.4. The van der Waals surface area contributed by atoms with E-state index in [-0.39, 0.29) is 17.6 Å². The fourth-order valence-electron chi connectivity index (χ4n) is 2.47. The van der Waals surface area contributed by atoms with E-state index < -0.39 is 12.1 Å². The van der Waals surface area contributed by atoms with Crippen molar-refractivity contribution in [2.45, 2.75) is 44.7 Å². The Hall–Kier alpha value is -1.44. The fourth-order valence-corrected chi connectivity index (χ4v) is 2.47. The van der Waals surface area contributed by atoms with E-state index in [9.17, 15) is 18.0 Å². The van der Waals surface area contributed by atoms with Crippen LogP contribution in [-0.2, 0) is 11.0 Å². The van der Waals surface area contributed by atoms with Crippen molar-refractivity contribution < 1.29 is 22.4 Å². The average molecular weight is 305 g/mol. The average Bonchev–Trinajstić information content (AvgIpc) is 2.88. The smallest absolute Gasteiger partial charge is 0.417 e. The lowest BCUT2D eigenvalue weighted by atomic mass is 9.96. The Labute approximate surface area is 120 Å². The van der Waals surface area contributed by atoms with Crippen molar-refractivity contribution in [3.8, 4) is 0 Å². The molecule has 5 nitrogen and oxygen atoms in total. The number of carbonyl (C=O) groups excluding carboxylic acids is 1. The van der Waals surface area contributed by atoms with Crippen LogP contribution in [0.2, 0.25) is 0 Å². The number of alkyl halides is 3. The zero-order valence-corrected chi connectivity index (χ0v) is 11.8. The molecule has 1 fully saturated rings. The molecule has 0 spiro atoms. The van der Waals surface area contributed by atoms with Crippen LogP contribution in [0.1, 0.15) is 50.3 Å². The number of Topliss-reactive ketones (excluding diaryl/α,β-unsaturated/α-hetero) is 1. The van der Waals surface area contributed by atoms with Crippen molar-refractivity contribution in [2.24, 2.45) is 0 Å². The summed E-state index contributed by atoms with van der Waals surface area (Å²) in [5.41, 5.74) is 0. The zero-order valence-electron chi connectivity index (χ0n) is 11.8. The number of nitrogens with zero attached hydrogens (tertiary/aromatic N) is 3. The van der Waals surface area contributed by atoms with E-state index in [0.717, 1.165) is 26.1 Å². The van der Waals surface area contributed by atoms with E-state index in [1.807, 2.05) is 0 Å². The van der Waals surface area contributed by atoms with E-state index in [0.29, 0.717) is 19.3 Å². The highest BCUT2D eigenvalue weighted by Gasteiger charge is 2.39. The molecule has 1 saturated heterocycles. The van der Waals surface area contributed by atoms with Gasteiger partial charge in [0.2, 0.25) is 5.89 Å². The predicted molar refractivity (Wildman–Crippen MR) is 67.6 cm³/mol. The lowest BCUT2D eigenvalue weighted by Crippen LogP contribution is -2.33. The Kier molecular flexibility index (Phi) is 4.97. The SMILES string of the molecule is CC(=O)CCCN1CCC(c2nnc(C(F)(F)F)o2)CC1. The van der Waals surface area contributed by atoms with E-state index in [1.54, 1.807) is 6.92 Å². The number of rotatable bonds is 5. The highest BCUT2D eigenvalue weighted by molar-refractivity contribution is 5.75. The number of hydrogen-bond acceptors (Lipinski definition) is 5. The predicted octanol–water partition coefficient (Wildman–Crippen LogP) is 2.64. The Morgan fingerprint density at radius 1 is 1.33 bits per heavy atom. The molecule has 2 rings (SSSR count).